The first-order valence-corrected chi connectivity index (χ1v) is 15.1. The summed E-state index contributed by atoms with van der Waals surface area (Å²) in [5.74, 6) is 0. The smallest absolute Gasteiger partial charge is 0.169 e. The van der Waals surface area contributed by atoms with Crippen LogP contribution in [-0.2, 0) is 12.8 Å². The minimum atomic E-state index is 0.615. The Bertz CT molecular complexity index is 856. The maximum atomic E-state index is 4.32. The summed E-state index contributed by atoms with van der Waals surface area (Å²) >= 11 is 0. The number of aliphatic imine (C=N–C) groups is 2. The molecule has 2 heterocycles. The third-order valence-corrected chi connectivity index (χ3v) is 5.56. The third kappa shape index (κ3) is 15.6. The van der Waals surface area contributed by atoms with Crippen molar-refractivity contribution in [1.82, 2.24) is 0 Å². The lowest BCUT2D eigenvalue weighted by Crippen LogP contribution is -2.22. The van der Waals surface area contributed by atoms with Crippen molar-refractivity contribution in [3.63, 3.8) is 0 Å². The molecular formula is C34H56B2N2. The van der Waals surface area contributed by atoms with Gasteiger partial charge in [0.2, 0.25) is 0 Å². The Morgan fingerprint density at radius 3 is 1.39 bits per heavy atom. The van der Waals surface area contributed by atoms with Crippen molar-refractivity contribution in [3.8, 4) is 0 Å². The fourth-order valence-corrected chi connectivity index (χ4v) is 3.55. The SMILES string of the molecule is CB(C)c1ccc(CC2=CN=CC2)cc1.CB(C)c1ccc(CC2=NC=CC2)cc1.CC.CC.CC.CC. The largest absolute Gasteiger partial charge is 0.269 e. The molecule has 4 heteroatoms. The highest BCUT2D eigenvalue weighted by Gasteiger charge is 2.06. The van der Waals surface area contributed by atoms with Gasteiger partial charge in [0.05, 0.1) is 0 Å². The summed E-state index contributed by atoms with van der Waals surface area (Å²) < 4.78 is 0. The Morgan fingerprint density at radius 2 is 1.05 bits per heavy atom. The summed E-state index contributed by atoms with van der Waals surface area (Å²) in [5, 5.41) is 0. The van der Waals surface area contributed by atoms with Crippen molar-refractivity contribution in [1.29, 1.82) is 0 Å². The van der Waals surface area contributed by atoms with E-state index in [1.54, 1.807) is 0 Å². The van der Waals surface area contributed by atoms with Crippen LogP contribution in [-0.4, -0.2) is 25.4 Å². The molecule has 2 nitrogen and oxygen atoms in total. The predicted octanol–water partition coefficient (Wildman–Crippen LogP) is 9.20. The maximum absolute atomic E-state index is 4.32. The number of hydrogen-bond donors (Lipinski definition) is 0. The van der Waals surface area contributed by atoms with Crippen molar-refractivity contribution < 1.29 is 0 Å². The lowest BCUT2D eigenvalue weighted by atomic mass is 9.49. The van der Waals surface area contributed by atoms with Gasteiger partial charge in [-0.05, 0) is 23.1 Å². The van der Waals surface area contributed by atoms with Crippen LogP contribution in [0.25, 0.3) is 0 Å². The monoisotopic (exact) mass is 514 g/mol. The fraction of sp³-hybridized carbons (Fsp3) is 0.471. The van der Waals surface area contributed by atoms with Crippen molar-refractivity contribution in [3.05, 3.63) is 83.7 Å². The number of hydrogen-bond acceptors (Lipinski definition) is 2. The van der Waals surface area contributed by atoms with E-state index >= 15 is 0 Å². The van der Waals surface area contributed by atoms with Crippen molar-refractivity contribution in [2.24, 2.45) is 9.98 Å². The summed E-state index contributed by atoms with van der Waals surface area (Å²) in [6.07, 6.45) is 12.0. The van der Waals surface area contributed by atoms with E-state index in [0.717, 1.165) is 25.7 Å². The molecule has 0 aromatic heterocycles. The van der Waals surface area contributed by atoms with Crippen LogP contribution in [0.5, 0.6) is 0 Å². The molecular weight excluding hydrogens is 458 g/mol. The van der Waals surface area contributed by atoms with Crippen LogP contribution in [0.15, 0.2) is 82.6 Å². The Hall–Kier alpha value is -2.61. The van der Waals surface area contributed by atoms with E-state index < -0.39 is 0 Å². The first-order chi connectivity index (χ1) is 18.5. The molecule has 0 amide bonds. The van der Waals surface area contributed by atoms with Gasteiger partial charge >= 0.3 is 0 Å². The zero-order valence-electron chi connectivity index (χ0n) is 26.8. The predicted molar refractivity (Wildman–Crippen MR) is 182 cm³/mol. The fourth-order valence-electron chi connectivity index (χ4n) is 3.55. The quantitative estimate of drug-likeness (QED) is 0.344. The first-order valence-electron chi connectivity index (χ1n) is 15.1. The van der Waals surface area contributed by atoms with Crippen LogP contribution < -0.4 is 10.9 Å². The van der Waals surface area contributed by atoms with E-state index in [1.807, 2.05) is 74.0 Å². The summed E-state index contributed by atoms with van der Waals surface area (Å²) in [6, 6.07) is 17.8. The van der Waals surface area contributed by atoms with E-state index in [4.69, 9.17) is 0 Å². The van der Waals surface area contributed by atoms with Gasteiger partial charge in [-0.1, -0.05) is 148 Å². The molecule has 0 radical (unpaired) electrons. The van der Waals surface area contributed by atoms with Gasteiger partial charge < -0.3 is 0 Å². The zero-order valence-corrected chi connectivity index (χ0v) is 26.8. The zero-order chi connectivity index (χ0) is 29.3. The standard InChI is InChI=1S/2C13H16BN.4C2H6/c1-14(2)13-5-3-11(4-6-13)9-12-7-8-15-10-12;1-14(2)12-7-5-11(6-8-12)10-13-4-3-9-15-13;4*1-2/h3-6,8,10H,7,9H2,1-2H3;3,5-9H,4,10H2,1-2H3;4*1-2H3. The van der Waals surface area contributed by atoms with E-state index in [2.05, 4.69) is 91.9 Å². The highest BCUT2D eigenvalue weighted by Crippen LogP contribution is 2.13. The molecule has 2 aromatic carbocycles. The van der Waals surface area contributed by atoms with Gasteiger partial charge in [0.25, 0.3) is 0 Å². The lowest BCUT2D eigenvalue weighted by Gasteiger charge is -2.05. The van der Waals surface area contributed by atoms with E-state index in [1.165, 1.54) is 33.3 Å². The third-order valence-electron chi connectivity index (χ3n) is 5.56. The average Bonchev–Trinajstić information content (AvgIpc) is 3.69. The highest BCUT2D eigenvalue weighted by atomic mass is 14.7. The molecule has 0 bridgehead atoms. The van der Waals surface area contributed by atoms with Crippen molar-refractivity contribution >= 4 is 36.3 Å². The number of allylic oxidation sites excluding steroid dienone is 2. The number of rotatable bonds is 6. The number of benzene rings is 2. The van der Waals surface area contributed by atoms with Gasteiger partial charge in [0, 0.05) is 43.6 Å². The Balaban J connectivity index is 0. The Morgan fingerprint density at radius 1 is 0.605 bits per heavy atom. The molecule has 0 unspecified atom stereocenters. The second kappa shape index (κ2) is 24.7. The van der Waals surface area contributed by atoms with E-state index in [9.17, 15) is 0 Å². The Labute approximate surface area is 238 Å². The summed E-state index contributed by atoms with van der Waals surface area (Å²) in [7, 11) is 0. The molecule has 0 fully saturated rings. The minimum absolute atomic E-state index is 0.615. The average molecular weight is 514 g/mol. The molecule has 2 aromatic rings. The van der Waals surface area contributed by atoms with Crippen LogP contribution in [0, 0.1) is 0 Å². The minimum Gasteiger partial charge on any atom is -0.269 e. The first kappa shape index (κ1) is 37.5. The Kier molecular flexibility index (Phi) is 24.4. The molecule has 38 heavy (non-hydrogen) atoms. The van der Waals surface area contributed by atoms with Gasteiger partial charge in [-0.2, -0.15) is 0 Å². The number of nitrogens with zero attached hydrogens (tertiary/aromatic N) is 2. The van der Waals surface area contributed by atoms with Gasteiger partial charge in [0.1, 0.15) is 0 Å². The van der Waals surface area contributed by atoms with E-state index in [-0.39, 0.29) is 0 Å². The molecule has 0 saturated heterocycles. The highest BCUT2D eigenvalue weighted by molar-refractivity contribution is 6.71. The summed E-state index contributed by atoms with van der Waals surface area (Å²) in [4.78, 5) is 8.44. The normalized spacial score (nSPS) is 11.8. The molecule has 0 N–H and O–H groups in total. The molecule has 0 saturated carbocycles. The van der Waals surface area contributed by atoms with Crippen LogP contribution >= 0.6 is 0 Å². The molecule has 2 aliphatic heterocycles. The lowest BCUT2D eigenvalue weighted by molar-refractivity contribution is 1.11. The van der Waals surface area contributed by atoms with Crippen LogP contribution in [0.4, 0.5) is 0 Å². The second-order valence-corrected chi connectivity index (χ2v) is 8.75. The van der Waals surface area contributed by atoms with Gasteiger partial charge in [-0.15, -0.1) is 0 Å². The van der Waals surface area contributed by atoms with Gasteiger partial charge in [-0.3, -0.25) is 9.98 Å². The van der Waals surface area contributed by atoms with E-state index in [0.29, 0.717) is 13.4 Å². The van der Waals surface area contributed by atoms with Crippen molar-refractivity contribution in [2.75, 3.05) is 0 Å². The van der Waals surface area contributed by atoms with Gasteiger partial charge in [0.15, 0.2) is 13.4 Å². The topological polar surface area (TPSA) is 24.7 Å². The van der Waals surface area contributed by atoms with Crippen LogP contribution in [0.1, 0.15) is 79.4 Å². The molecule has 0 aliphatic carbocycles. The summed E-state index contributed by atoms with van der Waals surface area (Å²) in [6.45, 7) is 26.1. The molecule has 4 rings (SSSR count). The van der Waals surface area contributed by atoms with Crippen LogP contribution in [0.3, 0.4) is 0 Å². The summed E-state index contributed by atoms with van der Waals surface area (Å²) in [5.41, 5.74) is 8.25. The molecule has 0 atom stereocenters. The molecule has 0 spiro atoms. The van der Waals surface area contributed by atoms with Gasteiger partial charge in [-0.25, -0.2) is 0 Å². The van der Waals surface area contributed by atoms with Crippen molar-refractivity contribution in [2.45, 2.75) is 108 Å². The second-order valence-electron chi connectivity index (χ2n) is 8.75. The van der Waals surface area contributed by atoms with Crippen LogP contribution in [0.2, 0.25) is 27.3 Å². The molecule has 208 valence electrons. The molecule has 2 aliphatic rings. The maximum Gasteiger partial charge on any atom is 0.169 e.